The van der Waals surface area contributed by atoms with Gasteiger partial charge in [-0.3, -0.25) is 0 Å². The number of carboxylic acids is 1. The standard InChI is InChI=1S/C14H10ClN3O3/c1-21-13-6-12(11(15)5-10(13)14(19)20)18-8-2-3-17-9(4-8)7-16/h2-6H,1H3,(H,17,18)(H,19,20). The van der Waals surface area contributed by atoms with Gasteiger partial charge in [-0.1, -0.05) is 11.6 Å². The molecule has 2 N–H and O–H groups in total. The molecule has 0 atom stereocenters. The Balaban J connectivity index is 2.40. The van der Waals surface area contributed by atoms with E-state index >= 15 is 0 Å². The molecule has 106 valence electrons. The quantitative estimate of drug-likeness (QED) is 0.901. The number of halogens is 1. The average molecular weight is 304 g/mol. The topological polar surface area (TPSA) is 95.2 Å². The Hall–Kier alpha value is -2.78. The Morgan fingerprint density at radius 2 is 2.24 bits per heavy atom. The summed E-state index contributed by atoms with van der Waals surface area (Å²) in [6, 6.07) is 7.93. The number of nitrogens with zero attached hydrogens (tertiary/aromatic N) is 2. The first kappa shape index (κ1) is 14.6. The van der Waals surface area contributed by atoms with Crippen LogP contribution >= 0.6 is 11.6 Å². The van der Waals surface area contributed by atoms with Crippen molar-refractivity contribution in [3.8, 4) is 11.8 Å². The van der Waals surface area contributed by atoms with Gasteiger partial charge in [0.05, 0.1) is 17.8 Å². The van der Waals surface area contributed by atoms with Gasteiger partial charge < -0.3 is 15.2 Å². The predicted molar refractivity (Wildman–Crippen MR) is 77.2 cm³/mol. The Bertz CT molecular complexity index is 741. The van der Waals surface area contributed by atoms with Gasteiger partial charge in [-0.05, 0) is 18.2 Å². The minimum Gasteiger partial charge on any atom is -0.496 e. The van der Waals surface area contributed by atoms with E-state index in [9.17, 15) is 4.79 Å². The van der Waals surface area contributed by atoms with Crippen LogP contribution in [0.4, 0.5) is 11.4 Å². The molecule has 0 saturated carbocycles. The number of hydrogen-bond acceptors (Lipinski definition) is 5. The summed E-state index contributed by atoms with van der Waals surface area (Å²) in [5, 5.41) is 21.1. The number of ether oxygens (including phenoxy) is 1. The predicted octanol–water partition coefficient (Wildman–Crippen LogP) is 3.06. The van der Waals surface area contributed by atoms with Crippen LogP contribution in [0.2, 0.25) is 5.02 Å². The van der Waals surface area contributed by atoms with Gasteiger partial charge in [-0.25, -0.2) is 9.78 Å². The van der Waals surface area contributed by atoms with Gasteiger partial charge in [-0.2, -0.15) is 5.26 Å². The van der Waals surface area contributed by atoms with Crippen molar-refractivity contribution in [2.24, 2.45) is 0 Å². The number of aromatic nitrogens is 1. The van der Waals surface area contributed by atoms with E-state index in [1.54, 1.807) is 12.1 Å². The van der Waals surface area contributed by atoms with Gasteiger partial charge in [0.15, 0.2) is 0 Å². The molecule has 7 heteroatoms. The van der Waals surface area contributed by atoms with Gasteiger partial charge in [-0.15, -0.1) is 0 Å². The summed E-state index contributed by atoms with van der Waals surface area (Å²) in [4.78, 5) is 14.9. The number of carbonyl (C=O) groups is 1. The van der Waals surface area contributed by atoms with Crippen LogP contribution in [0, 0.1) is 11.3 Å². The number of nitrogens with one attached hydrogen (secondary N) is 1. The van der Waals surface area contributed by atoms with E-state index in [1.807, 2.05) is 6.07 Å². The average Bonchev–Trinajstić information content (AvgIpc) is 2.49. The molecular formula is C14H10ClN3O3. The summed E-state index contributed by atoms with van der Waals surface area (Å²) in [6.45, 7) is 0. The molecule has 0 fully saturated rings. The Morgan fingerprint density at radius 1 is 1.48 bits per heavy atom. The summed E-state index contributed by atoms with van der Waals surface area (Å²) in [5.74, 6) is -0.944. The lowest BCUT2D eigenvalue weighted by Crippen LogP contribution is -2.02. The summed E-state index contributed by atoms with van der Waals surface area (Å²) in [6.07, 6.45) is 1.48. The molecule has 0 saturated heterocycles. The first-order chi connectivity index (χ1) is 10.0. The van der Waals surface area contributed by atoms with Crippen molar-refractivity contribution >= 4 is 28.9 Å². The van der Waals surface area contributed by atoms with E-state index < -0.39 is 5.97 Å². The maximum Gasteiger partial charge on any atom is 0.339 e. The van der Waals surface area contributed by atoms with Crippen LogP contribution in [0.3, 0.4) is 0 Å². The summed E-state index contributed by atoms with van der Waals surface area (Å²) in [5.41, 5.74) is 1.30. The van der Waals surface area contributed by atoms with Crippen LogP contribution in [0.1, 0.15) is 16.1 Å². The third-order valence-corrected chi connectivity index (χ3v) is 2.99. The van der Waals surface area contributed by atoms with Gasteiger partial charge in [0.2, 0.25) is 0 Å². The van der Waals surface area contributed by atoms with Crippen molar-refractivity contribution in [3.05, 3.63) is 46.7 Å². The van der Waals surface area contributed by atoms with Crippen molar-refractivity contribution in [2.45, 2.75) is 0 Å². The smallest absolute Gasteiger partial charge is 0.339 e. The molecule has 0 amide bonds. The first-order valence-electron chi connectivity index (χ1n) is 5.79. The maximum absolute atomic E-state index is 11.1. The zero-order chi connectivity index (χ0) is 15.4. The van der Waals surface area contributed by atoms with Gasteiger partial charge in [0, 0.05) is 18.0 Å². The number of aromatic carboxylic acids is 1. The number of anilines is 2. The fourth-order valence-electron chi connectivity index (χ4n) is 1.71. The zero-order valence-electron chi connectivity index (χ0n) is 10.9. The molecule has 1 aromatic carbocycles. The zero-order valence-corrected chi connectivity index (χ0v) is 11.7. The molecule has 0 spiro atoms. The lowest BCUT2D eigenvalue weighted by Gasteiger charge is -2.12. The number of hydrogen-bond donors (Lipinski definition) is 2. The fourth-order valence-corrected chi connectivity index (χ4v) is 1.92. The van der Waals surface area contributed by atoms with Crippen LogP contribution in [-0.4, -0.2) is 23.2 Å². The lowest BCUT2D eigenvalue weighted by molar-refractivity contribution is 0.0693. The van der Waals surface area contributed by atoms with Gasteiger partial charge >= 0.3 is 5.97 Å². The minimum atomic E-state index is -1.13. The number of methoxy groups -OCH3 is 1. The molecular weight excluding hydrogens is 294 g/mol. The minimum absolute atomic E-state index is 0.0273. The summed E-state index contributed by atoms with van der Waals surface area (Å²) in [7, 11) is 1.37. The molecule has 2 rings (SSSR count). The SMILES string of the molecule is COc1cc(Nc2ccnc(C#N)c2)c(Cl)cc1C(=O)O. The number of rotatable bonds is 4. The molecule has 6 nitrogen and oxygen atoms in total. The molecule has 0 bridgehead atoms. The number of carboxylic acid groups (broad SMARTS) is 1. The first-order valence-corrected chi connectivity index (χ1v) is 6.17. The highest BCUT2D eigenvalue weighted by atomic mass is 35.5. The summed E-state index contributed by atoms with van der Waals surface area (Å²) < 4.78 is 5.04. The number of benzene rings is 1. The highest BCUT2D eigenvalue weighted by Gasteiger charge is 2.15. The van der Waals surface area contributed by atoms with Crippen LogP contribution < -0.4 is 10.1 Å². The Labute approximate surface area is 125 Å². The van der Waals surface area contributed by atoms with Crippen molar-refractivity contribution in [1.29, 1.82) is 5.26 Å². The number of pyridine rings is 1. The largest absolute Gasteiger partial charge is 0.496 e. The van der Waals surface area contributed by atoms with Crippen LogP contribution in [-0.2, 0) is 0 Å². The fraction of sp³-hybridized carbons (Fsp3) is 0.0714. The monoisotopic (exact) mass is 303 g/mol. The second-order valence-electron chi connectivity index (χ2n) is 4.00. The summed E-state index contributed by atoms with van der Waals surface area (Å²) >= 11 is 6.06. The molecule has 0 unspecified atom stereocenters. The second kappa shape index (κ2) is 6.11. The van der Waals surface area contributed by atoms with Gasteiger partial charge in [0.25, 0.3) is 0 Å². The van der Waals surface area contributed by atoms with Crippen molar-refractivity contribution in [1.82, 2.24) is 4.98 Å². The molecule has 0 aliphatic heterocycles. The highest BCUT2D eigenvalue weighted by Crippen LogP contribution is 2.32. The van der Waals surface area contributed by atoms with E-state index in [4.69, 9.17) is 26.7 Å². The van der Waals surface area contributed by atoms with Crippen LogP contribution in [0.5, 0.6) is 5.75 Å². The molecule has 0 radical (unpaired) electrons. The van der Waals surface area contributed by atoms with Crippen molar-refractivity contribution < 1.29 is 14.6 Å². The second-order valence-corrected chi connectivity index (χ2v) is 4.41. The van der Waals surface area contributed by atoms with Crippen molar-refractivity contribution in [3.63, 3.8) is 0 Å². The third kappa shape index (κ3) is 3.22. The Kier molecular flexibility index (Phi) is 4.26. The van der Waals surface area contributed by atoms with Crippen molar-refractivity contribution in [2.75, 3.05) is 12.4 Å². The molecule has 1 heterocycles. The molecule has 0 aliphatic carbocycles. The molecule has 2 aromatic rings. The van der Waals surface area contributed by atoms with Crippen LogP contribution in [0.15, 0.2) is 30.5 Å². The lowest BCUT2D eigenvalue weighted by atomic mass is 10.1. The van der Waals surface area contributed by atoms with E-state index in [0.717, 1.165) is 0 Å². The van der Waals surface area contributed by atoms with E-state index in [2.05, 4.69) is 10.3 Å². The van der Waals surface area contributed by atoms with Crippen LogP contribution in [0.25, 0.3) is 0 Å². The van der Waals surface area contributed by atoms with Gasteiger partial charge in [0.1, 0.15) is 23.1 Å². The third-order valence-electron chi connectivity index (χ3n) is 2.67. The molecule has 0 aliphatic rings. The van der Waals surface area contributed by atoms with E-state index in [-0.39, 0.29) is 22.0 Å². The Morgan fingerprint density at radius 3 is 2.86 bits per heavy atom. The maximum atomic E-state index is 11.1. The van der Waals surface area contributed by atoms with E-state index in [1.165, 1.54) is 25.4 Å². The molecule has 21 heavy (non-hydrogen) atoms. The number of nitriles is 1. The normalized spacial score (nSPS) is 9.76. The van der Waals surface area contributed by atoms with E-state index in [0.29, 0.717) is 11.4 Å². The highest BCUT2D eigenvalue weighted by molar-refractivity contribution is 6.33. The molecule has 1 aromatic heterocycles.